The van der Waals surface area contributed by atoms with Crippen LogP contribution in [0.5, 0.6) is 0 Å². The van der Waals surface area contributed by atoms with Crippen LogP contribution in [0.1, 0.15) is 76.9 Å². The predicted octanol–water partition coefficient (Wildman–Crippen LogP) is 4.48. The number of nitrogens with zero attached hydrogens (tertiary/aromatic N) is 1. The number of hydrogen-bond donors (Lipinski definition) is 1. The van der Waals surface area contributed by atoms with E-state index in [2.05, 4.69) is 6.92 Å². The quantitative estimate of drug-likeness (QED) is 0.369. The molecule has 0 aliphatic rings. The van der Waals surface area contributed by atoms with Gasteiger partial charge in [-0.15, -0.1) is 0 Å². The summed E-state index contributed by atoms with van der Waals surface area (Å²) in [7, 11) is -0.315. The zero-order chi connectivity index (χ0) is 20.3. The van der Waals surface area contributed by atoms with Crippen LogP contribution >= 0.6 is 0 Å². The van der Waals surface area contributed by atoms with E-state index in [0.717, 1.165) is 18.4 Å². The van der Waals surface area contributed by atoms with Crippen LogP contribution in [-0.4, -0.2) is 44.0 Å². The zero-order valence-corrected chi connectivity index (χ0v) is 18.1. The molecule has 0 aliphatic carbocycles. The van der Waals surface area contributed by atoms with E-state index in [4.69, 9.17) is 4.18 Å². The van der Waals surface area contributed by atoms with E-state index >= 15 is 0 Å². The average molecular weight is 400 g/mol. The molecular weight excluding hydrogens is 362 g/mol. The van der Waals surface area contributed by atoms with Crippen molar-refractivity contribution >= 4 is 10.1 Å². The van der Waals surface area contributed by atoms with E-state index in [0.29, 0.717) is 12.8 Å². The molecule has 1 rings (SSSR count). The Hall–Kier alpha value is -0.950. The predicted molar refractivity (Wildman–Crippen MR) is 111 cm³/mol. The molecule has 27 heavy (non-hydrogen) atoms. The zero-order valence-electron chi connectivity index (χ0n) is 17.3. The monoisotopic (exact) mass is 399 g/mol. The van der Waals surface area contributed by atoms with Crippen LogP contribution in [0, 0.1) is 0 Å². The van der Waals surface area contributed by atoms with E-state index < -0.39 is 27.7 Å². The highest BCUT2D eigenvalue weighted by Crippen LogP contribution is 2.28. The minimum atomic E-state index is -3.78. The lowest BCUT2D eigenvalue weighted by Gasteiger charge is -2.27. The molecule has 0 radical (unpaired) electrons. The lowest BCUT2D eigenvalue weighted by atomic mass is 10.00. The lowest BCUT2D eigenvalue weighted by molar-refractivity contribution is 0.0873. The topological polar surface area (TPSA) is 66.8 Å². The summed E-state index contributed by atoms with van der Waals surface area (Å²) in [6.45, 7) is 4.00. The van der Waals surface area contributed by atoms with Gasteiger partial charge in [0.05, 0.1) is 6.10 Å². The molecule has 0 spiro atoms. The molecule has 0 bridgehead atoms. The van der Waals surface area contributed by atoms with Crippen LogP contribution in [0.2, 0.25) is 0 Å². The van der Waals surface area contributed by atoms with Gasteiger partial charge in [0.1, 0.15) is 11.5 Å². The Morgan fingerprint density at radius 2 is 1.67 bits per heavy atom. The summed E-state index contributed by atoms with van der Waals surface area (Å²) in [6, 6.07) is 9.31. The molecule has 0 amide bonds. The molecule has 0 aromatic heterocycles. The second kappa shape index (κ2) is 12.5. The molecule has 3 unspecified atom stereocenters. The summed E-state index contributed by atoms with van der Waals surface area (Å²) in [6.07, 6.45) is 5.77. The van der Waals surface area contributed by atoms with Crippen LogP contribution in [0.3, 0.4) is 0 Å². The first kappa shape index (κ1) is 24.1. The van der Waals surface area contributed by atoms with Crippen molar-refractivity contribution in [2.24, 2.45) is 0 Å². The van der Waals surface area contributed by atoms with E-state index in [9.17, 15) is 13.5 Å². The van der Waals surface area contributed by atoms with Crippen LogP contribution in [0.25, 0.3) is 0 Å². The Morgan fingerprint density at radius 1 is 1.04 bits per heavy atom. The first-order valence-electron chi connectivity index (χ1n) is 10.1. The van der Waals surface area contributed by atoms with Gasteiger partial charge in [0.25, 0.3) is 10.1 Å². The first-order valence-corrected chi connectivity index (χ1v) is 11.6. The number of unbranched alkanes of at least 4 members (excludes halogenated alkanes) is 4. The maximum Gasteiger partial charge on any atom is 0.284 e. The Balaban J connectivity index is 2.80. The van der Waals surface area contributed by atoms with Gasteiger partial charge in [0.15, 0.2) is 0 Å². The molecule has 0 aliphatic heterocycles. The van der Waals surface area contributed by atoms with E-state index in [-0.39, 0.29) is 6.42 Å². The highest BCUT2D eigenvalue weighted by molar-refractivity contribution is 7.87. The van der Waals surface area contributed by atoms with Gasteiger partial charge in [-0.1, -0.05) is 76.3 Å². The normalized spacial score (nSPS) is 15.6. The third-order valence-corrected chi connectivity index (χ3v) is 6.73. The third kappa shape index (κ3) is 8.73. The molecule has 5 nitrogen and oxygen atoms in total. The molecule has 3 atom stereocenters. The maximum atomic E-state index is 12.8. The molecule has 156 valence electrons. The van der Waals surface area contributed by atoms with Crippen molar-refractivity contribution in [1.82, 2.24) is 4.90 Å². The summed E-state index contributed by atoms with van der Waals surface area (Å²) >= 11 is 0. The summed E-state index contributed by atoms with van der Waals surface area (Å²) in [5, 5.41) is 9.75. The Bertz CT molecular complexity index is 604. The van der Waals surface area contributed by atoms with Crippen molar-refractivity contribution in [1.29, 1.82) is 0 Å². The summed E-state index contributed by atoms with van der Waals surface area (Å²) in [5.41, 5.74) is 0.778. The highest BCUT2D eigenvalue weighted by Gasteiger charge is 2.31. The fourth-order valence-electron chi connectivity index (χ4n) is 3.30. The molecule has 0 saturated heterocycles. The van der Waals surface area contributed by atoms with Crippen LogP contribution in [0.15, 0.2) is 30.3 Å². The van der Waals surface area contributed by atoms with Crippen molar-refractivity contribution < 1.29 is 17.7 Å². The minimum Gasteiger partial charge on any atom is -0.393 e. The molecular formula is C21H37NO4S. The number of rotatable bonds is 14. The smallest absolute Gasteiger partial charge is 0.284 e. The molecule has 6 heteroatoms. The molecule has 1 aromatic carbocycles. The first-order chi connectivity index (χ1) is 12.8. The minimum absolute atomic E-state index is 0.279. The summed E-state index contributed by atoms with van der Waals surface area (Å²) in [4.78, 5) is 1.65. The summed E-state index contributed by atoms with van der Waals surface area (Å²) in [5.74, 6) is 0. The number of aliphatic hydroxyl groups is 1. The summed E-state index contributed by atoms with van der Waals surface area (Å²) < 4.78 is 31.1. The van der Waals surface area contributed by atoms with Crippen LogP contribution < -0.4 is 0 Å². The van der Waals surface area contributed by atoms with Crippen molar-refractivity contribution in [2.45, 2.75) is 82.8 Å². The van der Waals surface area contributed by atoms with Gasteiger partial charge in [-0.3, -0.25) is 9.08 Å². The maximum absolute atomic E-state index is 12.8. The molecule has 0 saturated carbocycles. The Morgan fingerprint density at radius 3 is 2.22 bits per heavy atom. The van der Waals surface area contributed by atoms with Gasteiger partial charge < -0.3 is 5.11 Å². The van der Waals surface area contributed by atoms with E-state index in [1.165, 1.54) is 19.3 Å². The van der Waals surface area contributed by atoms with Gasteiger partial charge >= 0.3 is 0 Å². The molecule has 0 fully saturated rings. The fraction of sp³-hybridized carbons (Fsp3) is 0.714. The fourth-order valence-corrected chi connectivity index (χ4v) is 4.87. The van der Waals surface area contributed by atoms with Crippen molar-refractivity contribution in [3.63, 3.8) is 0 Å². The third-order valence-electron chi connectivity index (χ3n) is 4.81. The number of hydrogen-bond acceptors (Lipinski definition) is 5. The Kier molecular flexibility index (Phi) is 11.1. The molecule has 0 heterocycles. The number of aliphatic hydroxyl groups excluding tert-OH is 1. The lowest BCUT2D eigenvalue weighted by Crippen LogP contribution is -2.37. The second-order valence-electron chi connectivity index (χ2n) is 7.41. The number of benzene rings is 1. The van der Waals surface area contributed by atoms with Crippen LogP contribution in [-0.2, 0) is 14.3 Å². The van der Waals surface area contributed by atoms with Gasteiger partial charge in [0.2, 0.25) is 0 Å². The SMILES string of the molecule is CCCCCCCC(O)CC(OS(=O)(=O)C(CC)N(C)C)c1ccccc1. The second-order valence-corrected chi connectivity index (χ2v) is 9.13. The largest absolute Gasteiger partial charge is 0.393 e. The Labute approximate surface area is 165 Å². The molecule has 1 N–H and O–H groups in total. The van der Waals surface area contributed by atoms with Gasteiger partial charge in [-0.2, -0.15) is 8.42 Å². The van der Waals surface area contributed by atoms with Gasteiger partial charge in [0, 0.05) is 6.42 Å². The average Bonchev–Trinajstić information content (AvgIpc) is 2.61. The highest BCUT2D eigenvalue weighted by atomic mass is 32.2. The van der Waals surface area contributed by atoms with Crippen LogP contribution in [0.4, 0.5) is 0 Å². The van der Waals surface area contributed by atoms with Gasteiger partial charge in [-0.25, -0.2) is 0 Å². The van der Waals surface area contributed by atoms with E-state index in [1.54, 1.807) is 19.0 Å². The van der Waals surface area contributed by atoms with Crippen molar-refractivity contribution in [3.8, 4) is 0 Å². The van der Waals surface area contributed by atoms with Crippen molar-refractivity contribution in [2.75, 3.05) is 14.1 Å². The van der Waals surface area contributed by atoms with E-state index in [1.807, 2.05) is 37.3 Å². The standard InChI is InChI=1S/C21H37NO4S/c1-5-7-8-9-13-16-19(23)17-20(18-14-11-10-12-15-18)26-27(24,25)21(6-2)22(3)4/h10-12,14-15,19-21,23H,5-9,13,16-17H2,1-4H3. The van der Waals surface area contributed by atoms with Gasteiger partial charge in [-0.05, 0) is 32.5 Å². The van der Waals surface area contributed by atoms with Crippen molar-refractivity contribution in [3.05, 3.63) is 35.9 Å². The molecule has 1 aromatic rings.